The average molecular weight is 573 g/mol. The molecule has 0 amide bonds. The second kappa shape index (κ2) is 11.2. The zero-order valence-corrected chi connectivity index (χ0v) is 22.3. The van der Waals surface area contributed by atoms with Crippen LogP contribution in [0.25, 0.3) is 10.9 Å². The van der Waals surface area contributed by atoms with Crippen LogP contribution in [-0.4, -0.2) is 23.0 Å². The molecule has 0 spiro atoms. The number of rotatable bonds is 8. The summed E-state index contributed by atoms with van der Waals surface area (Å²) in [5.41, 5.74) is 1.61. The maximum absolute atomic E-state index is 13.4. The molecule has 4 aromatic rings. The number of benzene rings is 3. The lowest BCUT2D eigenvalue weighted by Crippen LogP contribution is -2.23. The van der Waals surface area contributed by atoms with Crippen LogP contribution in [0.5, 0.6) is 11.5 Å². The predicted molar refractivity (Wildman–Crippen MR) is 144 cm³/mol. The Bertz CT molecular complexity index is 1490. The quantitative estimate of drug-likeness (QED) is 0.215. The van der Waals surface area contributed by atoms with E-state index in [-0.39, 0.29) is 23.9 Å². The summed E-state index contributed by atoms with van der Waals surface area (Å²) in [6, 6.07) is 14.7. The standard InChI is InChI=1S/C27H24BrClFN3O3/c1-4-16(2)26-32-23-10-7-19(28)12-22(23)27(34)33(26)31-14-18-11-20(29)13-24(35-3)25(18)36-15-17-5-8-21(30)9-6-17/h5-14,16H,4,15H2,1-3H3/t16-/m1/s1. The number of nitrogens with zero attached hydrogens (tertiary/aromatic N) is 3. The Kier molecular flexibility index (Phi) is 8.06. The molecule has 9 heteroatoms. The summed E-state index contributed by atoms with van der Waals surface area (Å²) in [5, 5.41) is 5.39. The molecular weight excluding hydrogens is 549 g/mol. The molecule has 0 N–H and O–H groups in total. The van der Waals surface area contributed by atoms with Gasteiger partial charge in [-0.15, -0.1) is 0 Å². The van der Waals surface area contributed by atoms with Gasteiger partial charge < -0.3 is 9.47 Å². The maximum Gasteiger partial charge on any atom is 0.282 e. The number of ether oxygens (including phenoxy) is 2. The maximum atomic E-state index is 13.4. The van der Waals surface area contributed by atoms with E-state index in [2.05, 4.69) is 21.0 Å². The Morgan fingerprint density at radius 2 is 1.94 bits per heavy atom. The molecule has 0 saturated heterocycles. The lowest BCUT2D eigenvalue weighted by Gasteiger charge is -2.15. The molecule has 0 aliphatic carbocycles. The van der Waals surface area contributed by atoms with Crippen LogP contribution in [0.4, 0.5) is 4.39 Å². The van der Waals surface area contributed by atoms with E-state index in [1.807, 2.05) is 26.0 Å². The van der Waals surface area contributed by atoms with Crippen LogP contribution in [0.3, 0.4) is 0 Å². The Morgan fingerprint density at radius 3 is 2.64 bits per heavy atom. The highest BCUT2D eigenvalue weighted by Crippen LogP contribution is 2.34. The third kappa shape index (κ3) is 5.60. The van der Waals surface area contributed by atoms with Crippen molar-refractivity contribution in [2.75, 3.05) is 7.11 Å². The van der Waals surface area contributed by atoms with E-state index in [1.54, 1.807) is 30.3 Å². The van der Waals surface area contributed by atoms with Crippen molar-refractivity contribution in [3.05, 3.63) is 97.2 Å². The lowest BCUT2D eigenvalue weighted by molar-refractivity contribution is 0.284. The van der Waals surface area contributed by atoms with Crippen molar-refractivity contribution in [1.29, 1.82) is 0 Å². The highest BCUT2D eigenvalue weighted by Gasteiger charge is 2.17. The number of halogens is 3. The van der Waals surface area contributed by atoms with Crippen molar-refractivity contribution in [3.8, 4) is 11.5 Å². The minimum atomic E-state index is -0.325. The SMILES string of the molecule is CC[C@@H](C)c1nc2ccc(Br)cc2c(=O)n1N=Cc1cc(Cl)cc(OC)c1OCc1ccc(F)cc1. The van der Waals surface area contributed by atoms with Gasteiger partial charge in [0.05, 0.1) is 24.2 Å². The van der Waals surface area contributed by atoms with Gasteiger partial charge in [-0.25, -0.2) is 9.37 Å². The number of fused-ring (bicyclic) bond motifs is 1. The van der Waals surface area contributed by atoms with Crippen LogP contribution in [0.15, 0.2) is 69.0 Å². The molecule has 186 valence electrons. The number of aromatic nitrogens is 2. The summed E-state index contributed by atoms with van der Waals surface area (Å²) in [5.74, 6) is 1.02. The van der Waals surface area contributed by atoms with Gasteiger partial charge in [0.1, 0.15) is 18.2 Å². The van der Waals surface area contributed by atoms with E-state index in [0.717, 1.165) is 16.5 Å². The van der Waals surface area contributed by atoms with Crippen LogP contribution in [0.1, 0.15) is 43.1 Å². The van der Waals surface area contributed by atoms with E-state index in [0.29, 0.717) is 38.8 Å². The van der Waals surface area contributed by atoms with E-state index in [9.17, 15) is 9.18 Å². The fourth-order valence-corrected chi connectivity index (χ4v) is 4.20. The second-order valence-electron chi connectivity index (χ2n) is 8.24. The van der Waals surface area contributed by atoms with Gasteiger partial charge in [0.25, 0.3) is 5.56 Å². The normalized spacial score (nSPS) is 12.3. The summed E-state index contributed by atoms with van der Waals surface area (Å²) < 4.78 is 26.9. The van der Waals surface area contributed by atoms with Crippen molar-refractivity contribution in [3.63, 3.8) is 0 Å². The smallest absolute Gasteiger partial charge is 0.282 e. The third-order valence-corrected chi connectivity index (χ3v) is 6.47. The van der Waals surface area contributed by atoms with Crippen LogP contribution in [-0.2, 0) is 6.61 Å². The van der Waals surface area contributed by atoms with Crippen molar-refractivity contribution in [1.82, 2.24) is 9.66 Å². The van der Waals surface area contributed by atoms with Gasteiger partial charge in [-0.1, -0.05) is 53.5 Å². The third-order valence-electron chi connectivity index (χ3n) is 5.76. The molecule has 6 nitrogen and oxygen atoms in total. The van der Waals surface area contributed by atoms with E-state index in [1.165, 1.54) is 30.1 Å². The minimum absolute atomic E-state index is 0.00834. The van der Waals surface area contributed by atoms with Gasteiger partial charge in [0.2, 0.25) is 0 Å². The minimum Gasteiger partial charge on any atom is -0.493 e. The van der Waals surface area contributed by atoms with Gasteiger partial charge in [-0.2, -0.15) is 9.78 Å². The summed E-state index contributed by atoms with van der Waals surface area (Å²) in [6.45, 7) is 4.20. The zero-order chi connectivity index (χ0) is 25.8. The van der Waals surface area contributed by atoms with Crippen LogP contribution in [0.2, 0.25) is 5.02 Å². The molecule has 0 fully saturated rings. The largest absolute Gasteiger partial charge is 0.493 e. The first-order chi connectivity index (χ1) is 17.3. The van der Waals surface area contributed by atoms with Crippen molar-refractivity contribution in [2.45, 2.75) is 32.8 Å². The van der Waals surface area contributed by atoms with E-state index >= 15 is 0 Å². The molecule has 0 saturated carbocycles. The molecule has 0 radical (unpaired) electrons. The number of methoxy groups -OCH3 is 1. The van der Waals surface area contributed by atoms with Crippen LogP contribution >= 0.6 is 27.5 Å². The molecule has 0 aliphatic heterocycles. The van der Waals surface area contributed by atoms with Crippen molar-refractivity contribution >= 4 is 44.6 Å². The first kappa shape index (κ1) is 25.9. The summed E-state index contributed by atoms with van der Waals surface area (Å²) in [4.78, 5) is 18.2. The van der Waals surface area contributed by atoms with Gasteiger partial charge in [-0.05, 0) is 48.4 Å². The first-order valence-corrected chi connectivity index (χ1v) is 12.5. The summed E-state index contributed by atoms with van der Waals surface area (Å²) in [7, 11) is 1.51. The molecule has 0 unspecified atom stereocenters. The predicted octanol–water partition coefficient (Wildman–Crippen LogP) is 6.93. The zero-order valence-electron chi connectivity index (χ0n) is 20.0. The van der Waals surface area contributed by atoms with E-state index in [4.69, 9.17) is 26.1 Å². The molecule has 1 heterocycles. The van der Waals surface area contributed by atoms with Crippen LogP contribution in [0, 0.1) is 5.82 Å². The fourth-order valence-electron chi connectivity index (χ4n) is 3.63. The molecule has 3 aromatic carbocycles. The van der Waals surface area contributed by atoms with E-state index < -0.39 is 0 Å². The first-order valence-electron chi connectivity index (χ1n) is 11.3. The van der Waals surface area contributed by atoms with Crippen molar-refractivity contribution < 1.29 is 13.9 Å². The lowest BCUT2D eigenvalue weighted by atomic mass is 10.1. The fraction of sp³-hybridized carbons (Fsp3) is 0.222. The Hall–Kier alpha value is -3.23. The molecule has 4 rings (SSSR count). The monoisotopic (exact) mass is 571 g/mol. The topological polar surface area (TPSA) is 65.7 Å². The molecule has 36 heavy (non-hydrogen) atoms. The number of hydrogen-bond donors (Lipinski definition) is 0. The Labute approximate surface area is 221 Å². The highest BCUT2D eigenvalue weighted by molar-refractivity contribution is 9.10. The molecule has 0 aliphatic rings. The van der Waals surface area contributed by atoms with Gasteiger partial charge >= 0.3 is 0 Å². The van der Waals surface area contributed by atoms with Crippen molar-refractivity contribution in [2.24, 2.45) is 5.10 Å². The Balaban J connectivity index is 1.80. The Morgan fingerprint density at radius 1 is 1.19 bits per heavy atom. The molecule has 1 aromatic heterocycles. The summed E-state index contributed by atoms with van der Waals surface area (Å²) in [6.07, 6.45) is 2.29. The molecule has 0 bridgehead atoms. The summed E-state index contributed by atoms with van der Waals surface area (Å²) >= 11 is 9.74. The highest BCUT2D eigenvalue weighted by atomic mass is 79.9. The molecule has 1 atom stereocenters. The van der Waals surface area contributed by atoms with Gasteiger partial charge in [0.15, 0.2) is 11.5 Å². The van der Waals surface area contributed by atoms with Gasteiger partial charge in [0, 0.05) is 27.0 Å². The van der Waals surface area contributed by atoms with Crippen LogP contribution < -0.4 is 15.0 Å². The second-order valence-corrected chi connectivity index (χ2v) is 9.60. The average Bonchev–Trinajstić information content (AvgIpc) is 2.87. The number of hydrogen-bond acceptors (Lipinski definition) is 5. The van der Waals surface area contributed by atoms with Gasteiger partial charge in [-0.3, -0.25) is 4.79 Å². The molecular formula is C27H24BrClFN3O3.